The Morgan fingerprint density at radius 1 is 1.18 bits per heavy atom. The molecule has 1 aromatic heterocycles. The number of benzene rings is 1. The van der Waals surface area contributed by atoms with Gasteiger partial charge in [-0.3, -0.25) is 4.79 Å². The first-order valence-corrected chi connectivity index (χ1v) is 9.84. The van der Waals surface area contributed by atoms with Crippen molar-refractivity contribution in [1.29, 1.82) is 0 Å². The van der Waals surface area contributed by atoms with E-state index in [1.807, 2.05) is 29.7 Å². The maximum atomic E-state index is 12.5. The molecular formula is C20H21NO6S. The van der Waals surface area contributed by atoms with Crippen molar-refractivity contribution in [2.45, 2.75) is 37.1 Å². The Morgan fingerprint density at radius 3 is 2.71 bits per heavy atom. The van der Waals surface area contributed by atoms with Gasteiger partial charge in [0.05, 0.1) is 6.61 Å². The van der Waals surface area contributed by atoms with Gasteiger partial charge in [-0.1, -0.05) is 12.1 Å². The number of rotatable bonds is 4. The van der Waals surface area contributed by atoms with E-state index >= 15 is 0 Å². The lowest BCUT2D eigenvalue weighted by Gasteiger charge is -2.40. The van der Waals surface area contributed by atoms with Crippen LogP contribution in [0.5, 0.6) is 0 Å². The first-order chi connectivity index (χ1) is 13.5. The molecule has 8 heteroatoms. The van der Waals surface area contributed by atoms with E-state index in [2.05, 4.69) is 5.32 Å². The van der Waals surface area contributed by atoms with E-state index in [1.54, 1.807) is 12.1 Å². The molecule has 2 heterocycles. The number of Topliss-reactive ketones (excluding diaryl/α,β-unsaturated/α-hetero) is 1. The Kier molecular flexibility index (Phi) is 5.33. The highest BCUT2D eigenvalue weighted by atomic mass is 32.1. The van der Waals surface area contributed by atoms with Gasteiger partial charge in [-0.25, -0.2) is 0 Å². The van der Waals surface area contributed by atoms with Gasteiger partial charge in [0.15, 0.2) is 12.1 Å². The van der Waals surface area contributed by atoms with Gasteiger partial charge in [-0.15, -0.1) is 11.3 Å². The van der Waals surface area contributed by atoms with Crippen LogP contribution in [0.3, 0.4) is 0 Å². The van der Waals surface area contributed by atoms with E-state index in [-0.39, 0.29) is 12.2 Å². The fourth-order valence-electron chi connectivity index (χ4n) is 3.58. The van der Waals surface area contributed by atoms with Crippen molar-refractivity contribution < 1.29 is 30.0 Å². The lowest BCUT2D eigenvalue weighted by atomic mass is 9.90. The molecule has 28 heavy (non-hydrogen) atoms. The summed E-state index contributed by atoms with van der Waals surface area (Å²) in [7, 11) is 0. The monoisotopic (exact) mass is 403 g/mol. The minimum atomic E-state index is -1.40. The first kappa shape index (κ1) is 19.3. The van der Waals surface area contributed by atoms with Crippen LogP contribution in [-0.4, -0.2) is 63.5 Å². The van der Waals surface area contributed by atoms with Crippen LogP contribution in [0.15, 0.2) is 35.7 Å². The summed E-state index contributed by atoms with van der Waals surface area (Å²) in [4.78, 5) is 13.5. The SMILES string of the molecule is O=C1Cc2cc(NC3[C@@H](O)OC(CO)[C@H](O)[C@H]3O)ccc2C=C1c1cccs1. The highest BCUT2D eigenvalue weighted by molar-refractivity contribution is 7.11. The van der Waals surface area contributed by atoms with Crippen LogP contribution < -0.4 is 5.32 Å². The third-order valence-corrected chi connectivity index (χ3v) is 6.02. The van der Waals surface area contributed by atoms with E-state index in [1.165, 1.54) is 11.3 Å². The van der Waals surface area contributed by atoms with Gasteiger partial charge >= 0.3 is 0 Å². The number of hydrogen-bond acceptors (Lipinski definition) is 8. The molecule has 1 saturated heterocycles. The molecule has 0 amide bonds. The normalized spacial score (nSPS) is 29.9. The van der Waals surface area contributed by atoms with Gasteiger partial charge in [0.1, 0.15) is 24.4 Å². The molecule has 2 unspecified atom stereocenters. The van der Waals surface area contributed by atoms with Crippen molar-refractivity contribution in [3.8, 4) is 0 Å². The molecule has 5 N–H and O–H groups in total. The zero-order valence-electron chi connectivity index (χ0n) is 14.9. The third kappa shape index (κ3) is 3.50. The molecule has 148 valence electrons. The lowest BCUT2D eigenvalue weighted by molar-refractivity contribution is -0.245. The van der Waals surface area contributed by atoms with Crippen LogP contribution in [-0.2, 0) is 16.0 Å². The summed E-state index contributed by atoms with van der Waals surface area (Å²) in [5.41, 5.74) is 3.06. The molecule has 0 spiro atoms. The molecule has 0 bridgehead atoms. The average molecular weight is 403 g/mol. The van der Waals surface area contributed by atoms with Crippen LogP contribution in [0.2, 0.25) is 0 Å². The van der Waals surface area contributed by atoms with Gasteiger partial charge in [0.25, 0.3) is 0 Å². The zero-order chi connectivity index (χ0) is 19.8. The number of carbonyl (C=O) groups is 1. The highest BCUT2D eigenvalue weighted by Crippen LogP contribution is 2.32. The maximum absolute atomic E-state index is 12.5. The van der Waals surface area contributed by atoms with E-state index in [9.17, 15) is 20.1 Å². The number of aliphatic hydroxyl groups is 4. The van der Waals surface area contributed by atoms with Gasteiger partial charge < -0.3 is 30.5 Å². The Labute approximate surface area is 165 Å². The molecule has 0 saturated carbocycles. The molecule has 1 aromatic carbocycles. The van der Waals surface area contributed by atoms with Gasteiger partial charge in [0.2, 0.25) is 0 Å². The summed E-state index contributed by atoms with van der Waals surface area (Å²) >= 11 is 1.52. The van der Waals surface area contributed by atoms with Gasteiger partial charge in [0, 0.05) is 22.6 Å². The molecule has 7 nitrogen and oxygen atoms in total. The predicted molar refractivity (Wildman–Crippen MR) is 105 cm³/mol. The second-order valence-corrected chi connectivity index (χ2v) is 7.90. The standard InChI is InChI=1S/C20H21NO6S/c22-9-15-18(24)19(25)17(20(26)27-15)21-12-4-3-10-7-13(16-2-1-5-28-16)14(23)8-11(10)6-12/h1-7,15,17-22,24-26H,8-9H2/t15?,17?,18-,19-,20-/m0/s1. The van der Waals surface area contributed by atoms with Crippen molar-refractivity contribution in [3.63, 3.8) is 0 Å². The largest absolute Gasteiger partial charge is 0.394 e. The van der Waals surface area contributed by atoms with E-state index in [0.29, 0.717) is 11.3 Å². The smallest absolute Gasteiger partial charge is 0.178 e. The summed E-state index contributed by atoms with van der Waals surface area (Å²) in [6.45, 7) is -0.512. The summed E-state index contributed by atoms with van der Waals surface area (Å²) in [6, 6.07) is 8.29. The van der Waals surface area contributed by atoms with Gasteiger partial charge in [-0.2, -0.15) is 0 Å². The number of ether oxygens (including phenoxy) is 1. The number of allylic oxidation sites excluding steroid dienone is 1. The number of carbonyl (C=O) groups excluding carboxylic acids is 1. The van der Waals surface area contributed by atoms with E-state index in [0.717, 1.165) is 16.0 Å². The van der Waals surface area contributed by atoms with Crippen molar-refractivity contribution >= 4 is 34.5 Å². The van der Waals surface area contributed by atoms with Crippen molar-refractivity contribution in [1.82, 2.24) is 0 Å². The maximum Gasteiger partial charge on any atom is 0.178 e. The second kappa shape index (κ2) is 7.75. The lowest BCUT2D eigenvalue weighted by Crippen LogP contribution is -2.61. The fourth-order valence-corrected chi connectivity index (χ4v) is 4.34. The molecule has 2 aliphatic rings. The van der Waals surface area contributed by atoms with Gasteiger partial charge in [-0.05, 0) is 40.8 Å². The minimum Gasteiger partial charge on any atom is -0.394 e. The molecular weight excluding hydrogens is 382 g/mol. The number of nitrogens with one attached hydrogen (secondary N) is 1. The predicted octanol–water partition coefficient (Wildman–Crippen LogP) is 0.626. The fraction of sp³-hybridized carbons (Fsp3) is 0.350. The molecule has 4 rings (SSSR count). The molecule has 0 radical (unpaired) electrons. The van der Waals surface area contributed by atoms with Crippen LogP contribution in [0, 0.1) is 0 Å². The van der Waals surface area contributed by atoms with Crippen molar-refractivity contribution in [3.05, 3.63) is 51.7 Å². The molecule has 1 aliphatic carbocycles. The number of thiophene rings is 1. The first-order valence-electron chi connectivity index (χ1n) is 8.96. The Hall–Kier alpha value is -2.07. The topological polar surface area (TPSA) is 119 Å². The van der Waals surface area contributed by atoms with Crippen LogP contribution >= 0.6 is 11.3 Å². The van der Waals surface area contributed by atoms with Crippen molar-refractivity contribution in [2.24, 2.45) is 0 Å². The number of anilines is 1. The summed E-state index contributed by atoms with van der Waals surface area (Å²) < 4.78 is 5.16. The molecule has 1 aliphatic heterocycles. The average Bonchev–Trinajstić information content (AvgIpc) is 3.22. The number of aliphatic hydroxyl groups excluding tert-OH is 4. The minimum absolute atomic E-state index is 0.0365. The molecule has 1 fully saturated rings. The van der Waals surface area contributed by atoms with E-state index < -0.39 is 37.3 Å². The number of fused-ring (bicyclic) bond motifs is 1. The van der Waals surface area contributed by atoms with E-state index in [4.69, 9.17) is 9.84 Å². The van der Waals surface area contributed by atoms with Crippen LogP contribution in [0.1, 0.15) is 16.0 Å². The highest BCUT2D eigenvalue weighted by Gasteiger charge is 2.43. The Morgan fingerprint density at radius 2 is 2.00 bits per heavy atom. The Bertz CT molecular complexity index is 896. The zero-order valence-corrected chi connectivity index (χ0v) is 15.7. The summed E-state index contributed by atoms with van der Waals surface area (Å²) in [5.74, 6) is 0.0365. The second-order valence-electron chi connectivity index (χ2n) is 6.95. The number of hydrogen-bond donors (Lipinski definition) is 5. The Balaban J connectivity index is 1.56. The van der Waals surface area contributed by atoms with Crippen LogP contribution in [0.25, 0.3) is 11.6 Å². The van der Waals surface area contributed by atoms with Crippen molar-refractivity contribution in [2.75, 3.05) is 11.9 Å². The summed E-state index contributed by atoms with van der Waals surface area (Å²) in [6.07, 6.45) is -2.98. The molecule has 2 aromatic rings. The quantitative estimate of drug-likeness (QED) is 0.508. The molecule has 5 atom stereocenters. The van der Waals surface area contributed by atoms with Crippen LogP contribution in [0.4, 0.5) is 5.69 Å². The third-order valence-electron chi connectivity index (χ3n) is 5.11. The summed E-state index contributed by atoms with van der Waals surface area (Å²) in [5, 5.41) is 44.4. The number of ketones is 1.